The fraction of sp³-hybridized carbons (Fsp3) is 0.182. The molecule has 0 radical (unpaired) electrons. The molecule has 5 heteroatoms. The SMILES string of the molecule is COc1cc(NCc2cncs2)ccc1F. The van der Waals surface area contributed by atoms with Crippen molar-refractivity contribution in [2.45, 2.75) is 6.54 Å². The number of ether oxygens (including phenoxy) is 1. The fourth-order valence-electron chi connectivity index (χ4n) is 1.29. The van der Waals surface area contributed by atoms with E-state index in [1.165, 1.54) is 13.2 Å². The zero-order valence-corrected chi connectivity index (χ0v) is 9.55. The maximum atomic E-state index is 13.1. The summed E-state index contributed by atoms with van der Waals surface area (Å²) in [6.45, 7) is 0.680. The quantitative estimate of drug-likeness (QED) is 0.889. The number of hydrogen-bond donors (Lipinski definition) is 1. The van der Waals surface area contributed by atoms with Crippen LogP contribution in [0, 0.1) is 5.82 Å². The molecule has 1 aromatic carbocycles. The number of benzene rings is 1. The van der Waals surface area contributed by atoms with Crippen molar-refractivity contribution in [3.8, 4) is 5.75 Å². The van der Waals surface area contributed by atoms with Crippen LogP contribution in [-0.2, 0) is 6.54 Å². The number of aromatic nitrogens is 1. The second kappa shape index (κ2) is 4.94. The van der Waals surface area contributed by atoms with Crippen molar-refractivity contribution in [3.63, 3.8) is 0 Å². The molecule has 0 spiro atoms. The number of anilines is 1. The van der Waals surface area contributed by atoms with Gasteiger partial charge in [0.1, 0.15) is 0 Å². The lowest BCUT2D eigenvalue weighted by molar-refractivity contribution is 0.387. The summed E-state index contributed by atoms with van der Waals surface area (Å²) >= 11 is 1.58. The largest absolute Gasteiger partial charge is 0.494 e. The number of rotatable bonds is 4. The molecule has 1 heterocycles. The summed E-state index contributed by atoms with van der Waals surface area (Å²) in [5.74, 6) is -0.111. The summed E-state index contributed by atoms with van der Waals surface area (Å²) in [6.07, 6.45) is 1.80. The predicted octanol–water partition coefficient (Wildman–Crippen LogP) is 2.90. The van der Waals surface area contributed by atoms with Gasteiger partial charge in [0.2, 0.25) is 0 Å². The average Bonchev–Trinajstić information content (AvgIpc) is 2.81. The van der Waals surface area contributed by atoms with Gasteiger partial charge in [-0.25, -0.2) is 4.39 Å². The average molecular weight is 238 g/mol. The van der Waals surface area contributed by atoms with E-state index in [2.05, 4.69) is 10.3 Å². The molecule has 1 aromatic heterocycles. The molecule has 84 valence electrons. The standard InChI is InChI=1S/C11H11FN2OS/c1-15-11-4-8(2-3-10(11)12)14-6-9-5-13-7-16-9/h2-5,7,14H,6H2,1H3. The normalized spacial score (nSPS) is 10.1. The molecule has 0 bridgehead atoms. The Morgan fingerprint density at radius 3 is 3.06 bits per heavy atom. The molecule has 0 atom stereocenters. The molecule has 0 aliphatic carbocycles. The van der Waals surface area contributed by atoms with Crippen LogP contribution < -0.4 is 10.1 Å². The van der Waals surface area contributed by atoms with Gasteiger partial charge in [0.15, 0.2) is 11.6 Å². The van der Waals surface area contributed by atoms with E-state index in [1.807, 2.05) is 0 Å². The van der Waals surface area contributed by atoms with Crippen LogP contribution in [0.15, 0.2) is 29.9 Å². The zero-order chi connectivity index (χ0) is 11.4. The topological polar surface area (TPSA) is 34.1 Å². The number of nitrogens with zero attached hydrogens (tertiary/aromatic N) is 1. The van der Waals surface area contributed by atoms with E-state index >= 15 is 0 Å². The van der Waals surface area contributed by atoms with Crippen molar-refractivity contribution in [1.82, 2.24) is 4.98 Å². The van der Waals surface area contributed by atoms with E-state index in [1.54, 1.807) is 35.2 Å². The van der Waals surface area contributed by atoms with Crippen molar-refractivity contribution in [1.29, 1.82) is 0 Å². The lowest BCUT2D eigenvalue weighted by atomic mass is 10.3. The Morgan fingerprint density at radius 1 is 1.50 bits per heavy atom. The number of thiazole rings is 1. The van der Waals surface area contributed by atoms with Gasteiger partial charge in [-0.1, -0.05) is 0 Å². The van der Waals surface area contributed by atoms with Gasteiger partial charge in [-0.05, 0) is 12.1 Å². The van der Waals surface area contributed by atoms with Gasteiger partial charge >= 0.3 is 0 Å². The van der Waals surface area contributed by atoms with Crippen LogP contribution in [-0.4, -0.2) is 12.1 Å². The summed E-state index contributed by atoms with van der Waals surface area (Å²) < 4.78 is 18.0. The Kier molecular flexibility index (Phi) is 3.36. The predicted molar refractivity (Wildman–Crippen MR) is 62.4 cm³/mol. The van der Waals surface area contributed by atoms with Crippen molar-refractivity contribution < 1.29 is 9.13 Å². The number of halogens is 1. The first-order valence-electron chi connectivity index (χ1n) is 4.74. The molecule has 0 aliphatic rings. The number of methoxy groups -OCH3 is 1. The molecule has 0 saturated heterocycles. The first-order chi connectivity index (χ1) is 7.79. The van der Waals surface area contributed by atoms with E-state index in [0.29, 0.717) is 6.54 Å². The third-order valence-corrected chi connectivity index (χ3v) is 2.88. The zero-order valence-electron chi connectivity index (χ0n) is 8.74. The van der Waals surface area contributed by atoms with E-state index in [-0.39, 0.29) is 11.6 Å². The minimum absolute atomic E-state index is 0.245. The van der Waals surface area contributed by atoms with Crippen LogP contribution in [0.1, 0.15) is 4.88 Å². The minimum Gasteiger partial charge on any atom is -0.494 e. The number of hydrogen-bond acceptors (Lipinski definition) is 4. The van der Waals surface area contributed by atoms with Gasteiger partial charge in [0.05, 0.1) is 19.2 Å². The van der Waals surface area contributed by atoms with Gasteiger partial charge in [-0.3, -0.25) is 4.98 Å². The molecule has 2 rings (SSSR count). The Hall–Kier alpha value is -1.62. The van der Waals surface area contributed by atoms with E-state index in [9.17, 15) is 4.39 Å². The highest BCUT2D eigenvalue weighted by atomic mass is 32.1. The first-order valence-corrected chi connectivity index (χ1v) is 5.62. The van der Waals surface area contributed by atoms with Crippen LogP contribution in [0.2, 0.25) is 0 Å². The smallest absolute Gasteiger partial charge is 0.165 e. The molecule has 0 saturated carbocycles. The van der Waals surface area contributed by atoms with Crippen LogP contribution in [0.25, 0.3) is 0 Å². The van der Waals surface area contributed by atoms with Gasteiger partial charge in [-0.2, -0.15) is 0 Å². The summed E-state index contributed by atoms with van der Waals surface area (Å²) in [6, 6.07) is 4.70. The third-order valence-electron chi connectivity index (χ3n) is 2.10. The van der Waals surface area contributed by atoms with Crippen LogP contribution in [0.5, 0.6) is 5.75 Å². The molecule has 2 aromatic rings. The second-order valence-corrected chi connectivity index (χ2v) is 4.14. The maximum absolute atomic E-state index is 13.1. The van der Waals surface area contributed by atoms with Gasteiger partial charge in [-0.15, -0.1) is 11.3 Å². The van der Waals surface area contributed by atoms with Crippen LogP contribution >= 0.6 is 11.3 Å². The molecular weight excluding hydrogens is 227 g/mol. The van der Waals surface area contributed by atoms with Gasteiger partial charge in [0.25, 0.3) is 0 Å². The van der Waals surface area contributed by atoms with E-state index < -0.39 is 0 Å². The van der Waals surface area contributed by atoms with Gasteiger partial charge < -0.3 is 10.1 Å². The lowest BCUT2D eigenvalue weighted by Crippen LogP contribution is -1.98. The van der Waals surface area contributed by atoms with Crippen LogP contribution in [0.3, 0.4) is 0 Å². The summed E-state index contributed by atoms with van der Waals surface area (Å²) in [5.41, 5.74) is 2.61. The van der Waals surface area contributed by atoms with Gasteiger partial charge in [0, 0.05) is 22.8 Å². The van der Waals surface area contributed by atoms with E-state index in [0.717, 1.165) is 10.6 Å². The Morgan fingerprint density at radius 2 is 2.38 bits per heavy atom. The molecule has 0 aliphatic heterocycles. The third kappa shape index (κ3) is 2.49. The molecule has 0 unspecified atom stereocenters. The Bertz CT molecular complexity index is 459. The molecule has 1 N–H and O–H groups in total. The second-order valence-electron chi connectivity index (χ2n) is 3.17. The minimum atomic E-state index is -0.356. The van der Waals surface area contributed by atoms with Crippen LogP contribution in [0.4, 0.5) is 10.1 Å². The van der Waals surface area contributed by atoms with Crippen molar-refractivity contribution in [2.75, 3.05) is 12.4 Å². The lowest BCUT2D eigenvalue weighted by Gasteiger charge is -2.07. The molecule has 0 amide bonds. The first kappa shape index (κ1) is 10.9. The summed E-state index contributed by atoms with van der Waals surface area (Å²) in [7, 11) is 1.45. The summed E-state index contributed by atoms with van der Waals surface area (Å²) in [5, 5.41) is 3.17. The molecule has 3 nitrogen and oxygen atoms in total. The molecular formula is C11H11FN2OS. The summed E-state index contributed by atoms with van der Waals surface area (Å²) in [4.78, 5) is 5.10. The fourth-order valence-corrected chi connectivity index (χ4v) is 1.82. The molecule has 0 fully saturated rings. The Labute approximate surface area is 96.9 Å². The molecule has 16 heavy (non-hydrogen) atoms. The Balaban J connectivity index is 2.04. The maximum Gasteiger partial charge on any atom is 0.165 e. The highest BCUT2D eigenvalue weighted by Crippen LogP contribution is 2.22. The van der Waals surface area contributed by atoms with Crippen molar-refractivity contribution in [2.24, 2.45) is 0 Å². The number of nitrogens with one attached hydrogen (secondary N) is 1. The van der Waals surface area contributed by atoms with E-state index in [4.69, 9.17) is 4.74 Å². The van der Waals surface area contributed by atoms with Crippen molar-refractivity contribution in [3.05, 3.63) is 40.6 Å². The monoisotopic (exact) mass is 238 g/mol. The highest BCUT2D eigenvalue weighted by molar-refractivity contribution is 7.09. The van der Waals surface area contributed by atoms with Crippen molar-refractivity contribution >= 4 is 17.0 Å². The highest BCUT2D eigenvalue weighted by Gasteiger charge is 2.03.